The SMILES string of the molecule is Cc1ncc(C(F)(F)CN)c(C2CCN(C(=O)O)CC2)n1. The number of alkyl halides is 2. The number of nitrogens with two attached hydrogens (primary N) is 1. The maximum Gasteiger partial charge on any atom is 0.407 e. The van der Waals surface area contributed by atoms with Crippen LogP contribution in [0.1, 0.15) is 35.8 Å². The summed E-state index contributed by atoms with van der Waals surface area (Å²) in [6, 6.07) is 0. The number of amides is 1. The average Bonchev–Trinajstić information content (AvgIpc) is 2.47. The molecule has 1 aromatic rings. The van der Waals surface area contributed by atoms with Gasteiger partial charge in [-0.25, -0.2) is 14.8 Å². The van der Waals surface area contributed by atoms with Crippen molar-refractivity contribution in [2.75, 3.05) is 19.6 Å². The lowest BCUT2D eigenvalue weighted by Gasteiger charge is -2.31. The third-order valence-corrected chi connectivity index (χ3v) is 3.74. The number of likely N-dealkylation sites (tertiary alicyclic amines) is 1. The van der Waals surface area contributed by atoms with Crippen molar-refractivity contribution >= 4 is 6.09 Å². The van der Waals surface area contributed by atoms with E-state index in [2.05, 4.69) is 9.97 Å². The van der Waals surface area contributed by atoms with Crippen LogP contribution in [0.5, 0.6) is 0 Å². The van der Waals surface area contributed by atoms with Gasteiger partial charge in [-0.1, -0.05) is 0 Å². The van der Waals surface area contributed by atoms with Gasteiger partial charge in [-0.15, -0.1) is 0 Å². The molecule has 8 heteroatoms. The van der Waals surface area contributed by atoms with Gasteiger partial charge in [0.05, 0.1) is 17.8 Å². The van der Waals surface area contributed by atoms with E-state index in [1.54, 1.807) is 6.92 Å². The van der Waals surface area contributed by atoms with Crippen molar-refractivity contribution in [3.63, 3.8) is 0 Å². The molecule has 1 aliphatic heterocycles. The van der Waals surface area contributed by atoms with Crippen LogP contribution < -0.4 is 5.73 Å². The number of hydrogen-bond donors (Lipinski definition) is 2. The van der Waals surface area contributed by atoms with Crippen LogP contribution in [0.3, 0.4) is 0 Å². The van der Waals surface area contributed by atoms with E-state index in [1.165, 1.54) is 4.90 Å². The molecule has 0 saturated carbocycles. The lowest BCUT2D eigenvalue weighted by Crippen LogP contribution is -2.38. The van der Waals surface area contributed by atoms with E-state index in [0.29, 0.717) is 37.4 Å². The summed E-state index contributed by atoms with van der Waals surface area (Å²) < 4.78 is 27.9. The number of piperidine rings is 1. The number of carboxylic acid groups (broad SMARTS) is 1. The quantitative estimate of drug-likeness (QED) is 0.886. The van der Waals surface area contributed by atoms with Gasteiger partial charge in [0.1, 0.15) is 5.82 Å². The second-order valence-corrected chi connectivity index (χ2v) is 5.17. The predicted molar refractivity (Wildman–Crippen MR) is 71.3 cm³/mol. The first kappa shape index (κ1) is 15.6. The molecule has 0 spiro atoms. The highest BCUT2D eigenvalue weighted by molar-refractivity contribution is 5.65. The fourth-order valence-corrected chi connectivity index (χ4v) is 2.53. The van der Waals surface area contributed by atoms with Crippen molar-refractivity contribution in [3.05, 3.63) is 23.3 Å². The van der Waals surface area contributed by atoms with Crippen molar-refractivity contribution in [1.29, 1.82) is 0 Å². The lowest BCUT2D eigenvalue weighted by molar-refractivity contribution is 0.00340. The minimum atomic E-state index is -3.17. The van der Waals surface area contributed by atoms with E-state index in [-0.39, 0.29) is 11.5 Å². The topological polar surface area (TPSA) is 92.3 Å². The monoisotopic (exact) mass is 300 g/mol. The number of nitrogens with zero attached hydrogens (tertiary/aromatic N) is 3. The summed E-state index contributed by atoms with van der Waals surface area (Å²) in [4.78, 5) is 20.2. The van der Waals surface area contributed by atoms with Crippen molar-refractivity contribution in [3.8, 4) is 0 Å². The van der Waals surface area contributed by atoms with Crippen LogP contribution >= 0.6 is 0 Å². The number of halogens is 2. The van der Waals surface area contributed by atoms with Gasteiger partial charge in [0.25, 0.3) is 5.92 Å². The van der Waals surface area contributed by atoms with Crippen molar-refractivity contribution in [1.82, 2.24) is 14.9 Å². The summed E-state index contributed by atoms with van der Waals surface area (Å²) in [7, 11) is 0. The highest BCUT2D eigenvalue weighted by Crippen LogP contribution is 2.36. The van der Waals surface area contributed by atoms with Gasteiger partial charge in [-0.05, 0) is 19.8 Å². The van der Waals surface area contributed by atoms with E-state index >= 15 is 0 Å². The van der Waals surface area contributed by atoms with E-state index < -0.39 is 18.6 Å². The van der Waals surface area contributed by atoms with Crippen LogP contribution in [0.4, 0.5) is 13.6 Å². The zero-order valence-electron chi connectivity index (χ0n) is 11.7. The molecule has 1 fully saturated rings. The number of carbonyl (C=O) groups is 1. The first-order valence-electron chi connectivity index (χ1n) is 6.75. The molecular formula is C13H18F2N4O2. The molecule has 0 radical (unpaired) electrons. The van der Waals surface area contributed by atoms with Gasteiger partial charge in [0, 0.05) is 25.2 Å². The highest BCUT2D eigenvalue weighted by Gasteiger charge is 2.36. The van der Waals surface area contributed by atoms with Crippen LogP contribution in [0.25, 0.3) is 0 Å². The van der Waals surface area contributed by atoms with Gasteiger partial charge in [-0.3, -0.25) is 0 Å². The fourth-order valence-electron chi connectivity index (χ4n) is 2.53. The zero-order valence-corrected chi connectivity index (χ0v) is 11.7. The molecule has 0 aromatic carbocycles. The Bertz CT molecular complexity index is 531. The van der Waals surface area contributed by atoms with E-state index in [4.69, 9.17) is 10.8 Å². The molecule has 21 heavy (non-hydrogen) atoms. The molecule has 0 atom stereocenters. The highest BCUT2D eigenvalue weighted by atomic mass is 19.3. The molecule has 2 rings (SSSR count). The Morgan fingerprint density at radius 2 is 2.14 bits per heavy atom. The Labute approximate surface area is 121 Å². The Hall–Kier alpha value is -1.83. The van der Waals surface area contributed by atoms with Gasteiger partial charge >= 0.3 is 6.09 Å². The lowest BCUT2D eigenvalue weighted by atomic mass is 9.89. The van der Waals surface area contributed by atoms with Crippen molar-refractivity contribution in [2.45, 2.75) is 31.6 Å². The summed E-state index contributed by atoms with van der Waals surface area (Å²) >= 11 is 0. The molecule has 1 aromatic heterocycles. The van der Waals surface area contributed by atoms with Crippen LogP contribution in [-0.2, 0) is 5.92 Å². The van der Waals surface area contributed by atoms with E-state index in [1.807, 2.05) is 0 Å². The van der Waals surface area contributed by atoms with Gasteiger partial charge < -0.3 is 15.7 Å². The molecule has 0 unspecified atom stereocenters. The largest absolute Gasteiger partial charge is 0.465 e. The Morgan fingerprint density at radius 3 is 2.67 bits per heavy atom. The standard InChI is InChI=1S/C13H18F2N4O2/c1-8-17-6-10(13(14,15)7-16)11(18-8)9-2-4-19(5-3-9)12(20)21/h6,9H,2-5,7,16H2,1H3,(H,20,21). The van der Waals surface area contributed by atoms with Crippen LogP contribution in [-0.4, -0.2) is 45.7 Å². The third kappa shape index (κ3) is 3.26. The van der Waals surface area contributed by atoms with Crippen LogP contribution in [0, 0.1) is 6.92 Å². The maximum absolute atomic E-state index is 13.9. The average molecular weight is 300 g/mol. The Kier molecular flexibility index (Phi) is 4.36. The first-order valence-corrected chi connectivity index (χ1v) is 6.75. The molecule has 1 amide bonds. The van der Waals surface area contributed by atoms with Gasteiger partial charge in [0.2, 0.25) is 0 Å². The molecule has 0 bridgehead atoms. The number of rotatable bonds is 3. The Balaban J connectivity index is 2.27. The smallest absolute Gasteiger partial charge is 0.407 e. The second kappa shape index (κ2) is 5.88. The van der Waals surface area contributed by atoms with Crippen LogP contribution in [0.15, 0.2) is 6.20 Å². The number of aromatic nitrogens is 2. The number of hydrogen-bond acceptors (Lipinski definition) is 4. The van der Waals surface area contributed by atoms with E-state index in [9.17, 15) is 13.6 Å². The zero-order chi connectivity index (χ0) is 15.6. The predicted octanol–water partition coefficient (Wildman–Crippen LogP) is 1.69. The molecule has 3 N–H and O–H groups in total. The third-order valence-electron chi connectivity index (χ3n) is 3.74. The van der Waals surface area contributed by atoms with Gasteiger partial charge in [0.15, 0.2) is 0 Å². The summed E-state index contributed by atoms with van der Waals surface area (Å²) in [6.07, 6.45) is 1.08. The van der Waals surface area contributed by atoms with Crippen molar-refractivity contribution < 1.29 is 18.7 Å². The molecule has 6 nitrogen and oxygen atoms in total. The normalized spacial score (nSPS) is 17.0. The summed E-state index contributed by atoms with van der Waals surface area (Å²) in [5, 5.41) is 8.92. The molecule has 1 saturated heterocycles. The summed E-state index contributed by atoms with van der Waals surface area (Å²) in [6.45, 7) is 1.47. The Morgan fingerprint density at radius 1 is 1.52 bits per heavy atom. The fraction of sp³-hybridized carbons (Fsp3) is 0.615. The van der Waals surface area contributed by atoms with Crippen molar-refractivity contribution in [2.24, 2.45) is 5.73 Å². The minimum Gasteiger partial charge on any atom is -0.465 e. The van der Waals surface area contributed by atoms with Gasteiger partial charge in [-0.2, -0.15) is 8.78 Å². The molecule has 0 aliphatic carbocycles. The second-order valence-electron chi connectivity index (χ2n) is 5.17. The number of aryl methyl sites for hydroxylation is 1. The van der Waals surface area contributed by atoms with Crippen LogP contribution in [0.2, 0.25) is 0 Å². The minimum absolute atomic E-state index is 0.199. The molecule has 116 valence electrons. The maximum atomic E-state index is 13.9. The summed E-state index contributed by atoms with van der Waals surface area (Å²) in [5.74, 6) is -2.95. The first-order chi connectivity index (χ1) is 9.85. The molecule has 1 aliphatic rings. The summed E-state index contributed by atoms with van der Waals surface area (Å²) in [5.41, 5.74) is 5.19. The molecular weight excluding hydrogens is 282 g/mol. The van der Waals surface area contributed by atoms with E-state index in [0.717, 1.165) is 6.20 Å². The molecule has 2 heterocycles.